The van der Waals surface area contributed by atoms with E-state index in [0.717, 1.165) is 11.8 Å². The number of pyridine rings is 1. The minimum Gasteiger partial charge on any atom is -0.322 e. The van der Waals surface area contributed by atoms with Crippen LogP contribution in [-0.4, -0.2) is 16.6 Å². The Morgan fingerprint density at radius 2 is 1.81 bits per heavy atom. The third-order valence-corrected chi connectivity index (χ3v) is 4.58. The van der Waals surface area contributed by atoms with E-state index in [1.807, 2.05) is 24.3 Å². The highest BCUT2D eigenvalue weighted by Gasteiger charge is 2.15. The third-order valence-electron chi connectivity index (χ3n) is 3.61. The number of carbonyl (C=O) groups is 1. The quantitative estimate of drug-likeness (QED) is 0.671. The van der Waals surface area contributed by atoms with Crippen LogP contribution >= 0.6 is 11.8 Å². The maximum absolute atomic E-state index is 14.3. The molecule has 132 valence electrons. The zero-order valence-electron chi connectivity index (χ0n) is 13.8. The van der Waals surface area contributed by atoms with Crippen LogP contribution in [0.1, 0.15) is 5.69 Å². The summed E-state index contributed by atoms with van der Waals surface area (Å²) < 4.78 is 27.9. The monoisotopic (exact) mass is 370 g/mol. The van der Waals surface area contributed by atoms with Crippen molar-refractivity contribution in [3.05, 3.63) is 84.2 Å². The molecular weight excluding hydrogens is 354 g/mol. The van der Waals surface area contributed by atoms with Crippen LogP contribution in [0.25, 0.3) is 11.1 Å². The first-order chi connectivity index (χ1) is 12.6. The predicted molar refractivity (Wildman–Crippen MR) is 101 cm³/mol. The lowest BCUT2D eigenvalue weighted by atomic mass is 10.0. The van der Waals surface area contributed by atoms with Gasteiger partial charge in [-0.2, -0.15) is 0 Å². The lowest BCUT2D eigenvalue weighted by molar-refractivity contribution is -0.113. The largest absolute Gasteiger partial charge is 0.322 e. The Kier molecular flexibility index (Phi) is 5.96. The molecule has 3 rings (SSSR count). The number of rotatable bonds is 6. The number of nitrogens with zero attached hydrogens (tertiary/aromatic N) is 1. The molecule has 3 aromatic rings. The summed E-state index contributed by atoms with van der Waals surface area (Å²) in [6, 6.07) is 16.4. The molecule has 0 aliphatic carbocycles. The molecule has 1 aromatic heterocycles. The van der Waals surface area contributed by atoms with Crippen molar-refractivity contribution < 1.29 is 13.6 Å². The number of hydrogen-bond donors (Lipinski definition) is 1. The zero-order valence-corrected chi connectivity index (χ0v) is 14.6. The van der Waals surface area contributed by atoms with Gasteiger partial charge in [0.05, 0.1) is 17.1 Å². The van der Waals surface area contributed by atoms with Gasteiger partial charge in [-0.1, -0.05) is 36.4 Å². The van der Waals surface area contributed by atoms with E-state index in [0.29, 0.717) is 16.9 Å². The lowest BCUT2D eigenvalue weighted by Crippen LogP contribution is -2.16. The van der Waals surface area contributed by atoms with Crippen molar-refractivity contribution in [1.82, 2.24) is 4.98 Å². The van der Waals surface area contributed by atoms with Crippen molar-refractivity contribution in [2.45, 2.75) is 5.75 Å². The van der Waals surface area contributed by atoms with Gasteiger partial charge < -0.3 is 5.32 Å². The highest BCUT2D eigenvalue weighted by Crippen LogP contribution is 2.31. The number of benzene rings is 2. The molecule has 3 nitrogen and oxygen atoms in total. The van der Waals surface area contributed by atoms with E-state index < -0.39 is 11.6 Å². The minimum absolute atomic E-state index is 0.0129. The normalized spacial score (nSPS) is 10.5. The first-order valence-corrected chi connectivity index (χ1v) is 9.11. The van der Waals surface area contributed by atoms with Crippen LogP contribution in [-0.2, 0) is 10.5 Å². The van der Waals surface area contributed by atoms with Crippen molar-refractivity contribution in [3.63, 3.8) is 0 Å². The molecule has 0 bridgehead atoms. The SMILES string of the molecule is O=C(CSCc1ccccn1)Nc1c(F)cc(F)cc1-c1ccccc1. The van der Waals surface area contributed by atoms with Crippen molar-refractivity contribution >= 4 is 23.4 Å². The van der Waals surface area contributed by atoms with Gasteiger partial charge >= 0.3 is 0 Å². The number of amides is 1. The summed E-state index contributed by atoms with van der Waals surface area (Å²) in [7, 11) is 0. The standard InChI is InChI=1S/C20H16F2N2OS/c21-15-10-17(14-6-2-1-3-7-14)20(18(22)11-15)24-19(25)13-26-12-16-8-4-5-9-23-16/h1-11H,12-13H2,(H,24,25). The smallest absolute Gasteiger partial charge is 0.234 e. The van der Waals surface area contributed by atoms with Crippen molar-refractivity contribution in [1.29, 1.82) is 0 Å². The van der Waals surface area contributed by atoms with Gasteiger partial charge in [-0.15, -0.1) is 11.8 Å². The maximum atomic E-state index is 14.3. The number of nitrogens with one attached hydrogen (secondary N) is 1. The molecule has 2 aromatic carbocycles. The van der Waals surface area contributed by atoms with Crippen LogP contribution in [0.4, 0.5) is 14.5 Å². The second-order valence-corrected chi connectivity index (χ2v) is 6.52. The van der Waals surface area contributed by atoms with E-state index >= 15 is 0 Å². The van der Waals surface area contributed by atoms with Crippen LogP contribution in [0.15, 0.2) is 66.9 Å². The molecule has 0 aliphatic rings. The van der Waals surface area contributed by atoms with Crippen LogP contribution in [0.3, 0.4) is 0 Å². The van der Waals surface area contributed by atoms with Gasteiger partial charge in [0, 0.05) is 23.6 Å². The Morgan fingerprint density at radius 3 is 2.54 bits per heavy atom. The average Bonchev–Trinajstić information content (AvgIpc) is 2.65. The van der Waals surface area contributed by atoms with Crippen LogP contribution in [0.5, 0.6) is 0 Å². The molecule has 0 spiro atoms. The maximum Gasteiger partial charge on any atom is 0.234 e. The van der Waals surface area contributed by atoms with Gasteiger partial charge in [0.25, 0.3) is 0 Å². The Hall–Kier alpha value is -2.73. The number of halogens is 2. The fraction of sp³-hybridized carbons (Fsp3) is 0.100. The van der Waals surface area contributed by atoms with E-state index in [2.05, 4.69) is 10.3 Å². The Morgan fingerprint density at radius 1 is 1.04 bits per heavy atom. The highest BCUT2D eigenvalue weighted by atomic mass is 32.2. The topological polar surface area (TPSA) is 42.0 Å². The number of anilines is 1. The summed E-state index contributed by atoms with van der Waals surface area (Å²) >= 11 is 1.37. The molecule has 0 aliphatic heterocycles. The van der Waals surface area contributed by atoms with Crippen molar-refractivity contribution in [2.75, 3.05) is 11.1 Å². The van der Waals surface area contributed by atoms with Crippen molar-refractivity contribution in [3.8, 4) is 11.1 Å². The molecule has 1 N–H and O–H groups in total. The second-order valence-electron chi connectivity index (χ2n) is 5.54. The first kappa shape index (κ1) is 18.1. The van der Waals surface area contributed by atoms with E-state index in [9.17, 15) is 13.6 Å². The van der Waals surface area contributed by atoms with Gasteiger partial charge in [-0.25, -0.2) is 8.78 Å². The van der Waals surface area contributed by atoms with Crippen LogP contribution < -0.4 is 5.32 Å². The number of thioether (sulfide) groups is 1. The van der Waals surface area contributed by atoms with E-state index in [-0.39, 0.29) is 17.3 Å². The average molecular weight is 370 g/mol. The Labute approximate surface area is 154 Å². The van der Waals surface area contributed by atoms with Gasteiger partial charge in [0.1, 0.15) is 11.6 Å². The van der Waals surface area contributed by atoms with E-state index in [1.165, 1.54) is 17.8 Å². The highest BCUT2D eigenvalue weighted by molar-refractivity contribution is 7.99. The molecule has 26 heavy (non-hydrogen) atoms. The lowest BCUT2D eigenvalue weighted by Gasteiger charge is -2.13. The van der Waals surface area contributed by atoms with E-state index in [1.54, 1.807) is 30.5 Å². The fourth-order valence-electron chi connectivity index (χ4n) is 2.45. The number of aromatic nitrogens is 1. The molecular formula is C20H16F2N2OS. The fourth-order valence-corrected chi connectivity index (χ4v) is 3.19. The summed E-state index contributed by atoms with van der Waals surface area (Å²) in [5.41, 5.74) is 1.79. The summed E-state index contributed by atoms with van der Waals surface area (Å²) in [6.45, 7) is 0. The van der Waals surface area contributed by atoms with Gasteiger partial charge in [0.15, 0.2) is 0 Å². The molecule has 1 heterocycles. The molecule has 6 heteroatoms. The summed E-state index contributed by atoms with van der Waals surface area (Å²) in [6.07, 6.45) is 1.69. The van der Waals surface area contributed by atoms with Gasteiger partial charge in [0.2, 0.25) is 5.91 Å². The predicted octanol–water partition coefficient (Wildman–Crippen LogP) is 4.90. The molecule has 0 atom stereocenters. The second kappa shape index (κ2) is 8.58. The molecule has 0 radical (unpaired) electrons. The molecule has 0 fully saturated rings. The Balaban J connectivity index is 1.71. The molecule has 0 saturated heterocycles. The summed E-state index contributed by atoms with van der Waals surface area (Å²) in [5, 5.41) is 2.57. The number of hydrogen-bond acceptors (Lipinski definition) is 3. The van der Waals surface area contributed by atoms with Crippen LogP contribution in [0.2, 0.25) is 0 Å². The molecule has 1 amide bonds. The van der Waals surface area contributed by atoms with E-state index in [4.69, 9.17) is 0 Å². The first-order valence-electron chi connectivity index (χ1n) is 7.95. The summed E-state index contributed by atoms with van der Waals surface area (Å²) in [5.74, 6) is -1.13. The van der Waals surface area contributed by atoms with Gasteiger partial charge in [-0.05, 0) is 23.8 Å². The third kappa shape index (κ3) is 4.67. The minimum atomic E-state index is -0.799. The Bertz CT molecular complexity index is 889. The molecule has 0 saturated carbocycles. The van der Waals surface area contributed by atoms with Crippen LogP contribution in [0, 0.1) is 11.6 Å². The van der Waals surface area contributed by atoms with Gasteiger partial charge in [-0.3, -0.25) is 9.78 Å². The van der Waals surface area contributed by atoms with Crippen molar-refractivity contribution in [2.24, 2.45) is 0 Å². The zero-order chi connectivity index (χ0) is 18.4. The summed E-state index contributed by atoms with van der Waals surface area (Å²) in [4.78, 5) is 16.4. The number of carbonyl (C=O) groups excluding carboxylic acids is 1. The molecule has 0 unspecified atom stereocenters.